The standard InChI is InChI=1S/C16H24N4/c1-4-9-20(11-14-7-6-8-17-10-14)12-15-13(3)18-16(5-2)19-15/h6-8,10H,4-5,9,11-12H2,1-3H3,(H,18,19). The van der Waals surface area contributed by atoms with E-state index in [1.165, 1.54) is 17.0 Å². The van der Waals surface area contributed by atoms with Crippen LogP contribution in [0, 0.1) is 6.92 Å². The van der Waals surface area contributed by atoms with Gasteiger partial charge in [0.15, 0.2) is 0 Å². The molecule has 2 aromatic heterocycles. The van der Waals surface area contributed by atoms with Crippen LogP contribution in [0.25, 0.3) is 0 Å². The van der Waals surface area contributed by atoms with Gasteiger partial charge in [-0.2, -0.15) is 0 Å². The van der Waals surface area contributed by atoms with Gasteiger partial charge < -0.3 is 4.98 Å². The van der Waals surface area contributed by atoms with Crippen LogP contribution in [-0.4, -0.2) is 26.4 Å². The van der Waals surface area contributed by atoms with E-state index in [2.05, 4.69) is 46.7 Å². The van der Waals surface area contributed by atoms with E-state index in [0.717, 1.165) is 38.3 Å². The molecule has 4 heteroatoms. The van der Waals surface area contributed by atoms with E-state index in [4.69, 9.17) is 0 Å². The highest BCUT2D eigenvalue weighted by atomic mass is 15.1. The molecule has 0 aromatic carbocycles. The van der Waals surface area contributed by atoms with Crippen LogP contribution >= 0.6 is 0 Å². The number of rotatable bonds is 7. The number of hydrogen-bond donors (Lipinski definition) is 1. The Morgan fingerprint density at radius 1 is 1.25 bits per heavy atom. The van der Waals surface area contributed by atoms with E-state index >= 15 is 0 Å². The summed E-state index contributed by atoms with van der Waals surface area (Å²) in [6.07, 6.45) is 5.86. The highest BCUT2D eigenvalue weighted by Crippen LogP contribution is 2.12. The van der Waals surface area contributed by atoms with Crippen molar-refractivity contribution >= 4 is 0 Å². The molecule has 2 aromatic rings. The highest BCUT2D eigenvalue weighted by molar-refractivity contribution is 5.14. The van der Waals surface area contributed by atoms with Crippen molar-refractivity contribution in [3.63, 3.8) is 0 Å². The van der Waals surface area contributed by atoms with Crippen molar-refractivity contribution in [3.05, 3.63) is 47.3 Å². The fourth-order valence-electron chi connectivity index (χ4n) is 2.38. The summed E-state index contributed by atoms with van der Waals surface area (Å²) in [5.41, 5.74) is 3.61. The summed E-state index contributed by atoms with van der Waals surface area (Å²) in [4.78, 5) is 14.7. The number of nitrogens with one attached hydrogen (secondary N) is 1. The molecule has 0 aliphatic heterocycles. The fraction of sp³-hybridized carbons (Fsp3) is 0.500. The number of aryl methyl sites for hydroxylation is 2. The highest BCUT2D eigenvalue weighted by Gasteiger charge is 2.11. The smallest absolute Gasteiger partial charge is 0.106 e. The van der Waals surface area contributed by atoms with Crippen LogP contribution in [0.2, 0.25) is 0 Å². The predicted molar refractivity (Wildman–Crippen MR) is 81.3 cm³/mol. The Labute approximate surface area is 121 Å². The maximum atomic E-state index is 4.68. The minimum absolute atomic E-state index is 0.894. The monoisotopic (exact) mass is 272 g/mol. The van der Waals surface area contributed by atoms with Gasteiger partial charge in [0.05, 0.1) is 5.69 Å². The molecule has 0 aliphatic rings. The van der Waals surface area contributed by atoms with Crippen LogP contribution in [0.4, 0.5) is 0 Å². The first-order valence-corrected chi connectivity index (χ1v) is 7.38. The van der Waals surface area contributed by atoms with Crippen molar-refractivity contribution in [1.29, 1.82) is 0 Å². The van der Waals surface area contributed by atoms with E-state index in [0.29, 0.717) is 0 Å². The summed E-state index contributed by atoms with van der Waals surface area (Å²) in [7, 11) is 0. The van der Waals surface area contributed by atoms with Gasteiger partial charge in [-0.1, -0.05) is 19.9 Å². The summed E-state index contributed by atoms with van der Waals surface area (Å²) in [6.45, 7) is 9.34. The lowest BCUT2D eigenvalue weighted by Gasteiger charge is -2.21. The third-order valence-electron chi connectivity index (χ3n) is 3.41. The summed E-state index contributed by atoms with van der Waals surface area (Å²) in [6, 6.07) is 4.12. The molecule has 0 aliphatic carbocycles. The molecular formula is C16H24N4. The number of H-pyrrole nitrogens is 1. The molecule has 4 nitrogen and oxygen atoms in total. The fourth-order valence-corrected chi connectivity index (χ4v) is 2.38. The topological polar surface area (TPSA) is 44.8 Å². The molecule has 2 rings (SSSR count). The van der Waals surface area contributed by atoms with Gasteiger partial charge in [-0.15, -0.1) is 0 Å². The molecule has 2 heterocycles. The van der Waals surface area contributed by atoms with Crippen molar-refractivity contribution in [1.82, 2.24) is 19.9 Å². The number of imidazole rings is 1. The minimum Gasteiger partial charge on any atom is -0.346 e. The molecule has 0 unspecified atom stereocenters. The summed E-state index contributed by atoms with van der Waals surface area (Å²) >= 11 is 0. The molecule has 1 N–H and O–H groups in total. The van der Waals surface area contributed by atoms with E-state index in [9.17, 15) is 0 Å². The third-order valence-corrected chi connectivity index (χ3v) is 3.41. The molecule has 0 saturated carbocycles. The van der Waals surface area contributed by atoms with E-state index in [1.54, 1.807) is 0 Å². The molecule has 0 spiro atoms. The Bertz CT molecular complexity index is 519. The minimum atomic E-state index is 0.894. The number of aromatic nitrogens is 3. The Morgan fingerprint density at radius 2 is 2.10 bits per heavy atom. The Morgan fingerprint density at radius 3 is 2.70 bits per heavy atom. The van der Waals surface area contributed by atoms with Crippen LogP contribution in [-0.2, 0) is 19.5 Å². The molecule has 20 heavy (non-hydrogen) atoms. The van der Waals surface area contributed by atoms with E-state index in [-0.39, 0.29) is 0 Å². The summed E-state index contributed by atoms with van der Waals surface area (Å²) in [5, 5.41) is 0. The maximum absolute atomic E-state index is 4.68. The number of aromatic amines is 1. The number of hydrogen-bond acceptors (Lipinski definition) is 3. The second-order valence-corrected chi connectivity index (χ2v) is 5.18. The zero-order chi connectivity index (χ0) is 14.4. The van der Waals surface area contributed by atoms with Gasteiger partial charge in [0.2, 0.25) is 0 Å². The van der Waals surface area contributed by atoms with Crippen molar-refractivity contribution in [2.45, 2.75) is 46.7 Å². The van der Waals surface area contributed by atoms with E-state index in [1.807, 2.05) is 18.5 Å². The summed E-state index contributed by atoms with van der Waals surface area (Å²) < 4.78 is 0. The van der Waals surface area contributed by atoms with Crippen molar-refractivity contribution in [2.24, 2.45) is 0 Å². The average Bonchev–Trinajstić information content (AvgIpc) is 2.81. The second kappa shape index (κ2) is 7.20. The quantitative estimate of drug-likeness (QED) is 0.842. The molecular weight excluding hydrogens is 248 g/mol. The number of nitrogens with zero attached hydrogens (tertiary/aromatic N) is 3. The lowest BCUT2D eigenvalue weighted by Crippen LogP contribution is -2.24. The zero-order valence-corrected chi connectivity index (χ0v) is 12.7. The average molecular weight is 272 g/mol. The van der Waals surface area contributed by atoms with Gasteiger partial charge in [-0.05, 0) is 31.5 Å². The van der Waals surface area contributed by atoms with Gasteiger partial charge in [0.1, 0.15) is 5.82 Å². The molecule has 0 fully saturated rings. The van der Waals surface area contributed by atoms with Crippen LogP contribution in [0.15, 0.2) is 24.5 Å². The van der Waals surface area contributed by atoms with Gasteiger partial charge in [-0.25, -0.2) is 4.98 Å². The molecule has 108 valence electrons. The van der Waals surface area contributed by atoms with Crippen molar-refractivity contribution in [3.8, 4) is 0 Å². The normalized spacial score (nSPS) is 11.2. The number of pyridine rings is 1. The summed E-state index contributed by atoms with van der Waals surface area (Å²) in [5.74, 6) is 1.08. The van der Waals surface area contributed by atoms with Gasteiger partial charge >= 0.3 is 0 Å². The van der Waals surface area contributed by atoms with Crippen molar-refractivity contribution < 1.29 is 0 Å². The van der Waals surface area contributed by atoms with E-state index < -0.39 is 0 Å². The molecule has 0 atom stereocenters. The largest absolute Gasteiger partial charge is 0.346 e. The first-order chi connectivity index (χ1) is 9.72. The lowest BCUT2D eigenvalue weighted by molar-refractivity contribution is 0.253. The molecule has 0 saturated heterocycles. The second-order valence-electron chi connectivity index (χ2n) is 5.18. The third kappa shape index (κ3) is 3.90. The lowest BCUT2D eigenvalue weighted by atomic mass is 10.2. The van der Waals surface area contributed by atoms with Gasteiger partial charge in [0, 0.05) is 37.6 Å². The molecule has 0 bridgehead atoms. The van der Waals surface area contributed by atoms with Gasteiger partial charge in [-0.3, -0.25) is 9.88 Å². The molecule has 0 amide bonds. The first-order valence-electron chi connectivity index (χ1n) is 7.38. The Kier molecular flexibility index (Phi) is 5.30. The van der Waals surface area contributed by atoms with Gasteiger partial charge in [0.25, 0.3) is 0 Å². The van der Waals surface area contributed by atoms with Crippen LogP contribution in [0.1, 0.15) is 43.0 Å². The predicted octanol–water partition coefficient (Wildman–Crippen LogP) is 3.09. The van der Waals surface area contributed by atoms with Crippen LogP contribution in [0.5, 0.6) is 0 Å². The van der Waals surface area contributed by atoms with Crippen LogP contribution < -0.4 is 0 Å². The van der Waals surface area contributed by atoms with Crippen molar-refractivity contribution in [2.75, 3.05) is 6.54 Å². The molecule has 0 radical (unpaired) electrons. The SMILES string of the molecule is CCCN(Cc1cccnc1)Cc1nc(CC)[nH]c1C. The maximum Gasteiger partial charge on any atom is 0.106 e. The Hall–Kier alpha value is -1.68. The first kappa shape index (κ1) is 14.7. The zero-order valence-electron chi connectivity index (χ0n) is 12.7. The Balaban J connectivity index is 2.06. The van der Waals surface area contributed by atoms with Crippen LogP contribution in [0.3, 0.4) is 0 Å².